The van der Waals surface area contributed by atoms with E-state index in [0.717, 1.165) is 15.7 Å². The molecule has 0 atom stereocenters. The van der Waals surface area contributed by atoms with Crippen LogP contribution in [0.2, 0.25) is 0 Å². The summed E-state index contributed by atoms with van der Waals surface area (Å²) < 4.78 is 0.878. The minimum atomic E-state index is -0.239. The lowest BCUT2D eigenvalue weighted by molar-refractivity contribution is 0.251. The van der Waals surface area contributed by atoms with Crippen molar-refractivity contribution in [2.24, 2.45) is 4.99 Å². The summed E-state index contributed by atoms with van der Waals surface area (Å²) in [4.78, 5) is 17.9. The maximum absolute atomic E-state index is 12.2. The number of urea groups is 1. The predicted molar refractivity (Wildman–Crippen MR) is 82.8 cm³/mol. The minimum absolute atomic E-state index is 0.239. The third kappa shape index (κ3) is 3.96. The highest BCUT2D eigenvalue weighted by Gasteiger charge is 2.16. The lowest BCUT2D eigenvalue weighted by Gasteiger charge is -2.21. The number of hydrogen-bond donors (Lipinski definition) is 2. The van der Waals surface area contributed by atoms with E-state index in [0.29, 0.717) is 12.5 Å². The highest BCUT2D eigenvalue weighted by Crippen LogP contribution is 2.28. The van der Waals surface area contributed by atoms with Crippen LogP contribution in [0.4, 0.5) is 10.5 Å². The van der Waals surface area contributed by atoms with Gasteiger partial charge in [0.15, 0.2) is 5.96 Å². The number of hydrogen-bond acceptors (Lipinski definition) is 2. The lowest BCUT2D eigenvalue weighted by Crippen LogP contribution is -2.46. The fourth-order valence-electron chi connectivity index (χ4n) is 1.67. The molecular formula is C13H19BrN4O. The number of aryl methyl sites for hydroxylation is 1. The van der Waals surface area contributed by atoms with Crippen LogP contribution in [-0.4, -0.2) is 32.6 Å². The molecule has 0 saturated heterocycles. The molecule has 0 radical (unpaired) electrons. The van der Waals surface area contributed by atoms with Crippen LogP contribution in [-0.2, 0) is 0 Å². The molecular weight excluding hydrogens is 308 g/mol. The number of rotatable bonds is 2. The summed E-state index contributed by atoms with van der Waals surface area (Å²) in [5, 5.41) is 5.57. The molecule has 0 aliphatic heterocycles. The molecule has 0 unspecified atom stereocenters. The van der Waals surface area contributed by atoms with E-state index in [1.807, 2.05) is 32.0 Å². The quantitative estimate of drug-likeness (QED) is 0.648. The van der Waals surface area contributed by atoms with Gasteiger partial charge in [0.1, 0.15) is 0 Å². The Morgan fingerprint density at radius 1 is 1.47 bits per heavy atom. The number of para-hydroxylation sites is 1. The number of aliphatic imine (C=N–C) groups is 1. The molecule has 1 aromatic carbocycles. The first-order valence-electron chi connectivity index (χ1n) is 6.03. The number of anilines is 1. The monoisotopic (exact) mass is 326 g/mol. The molecule has 1 aromatic rings. The molecule has 0 aliphatic carbocycles. The van der Waals surface area contributed by atoms with Crippen LogP contribution in [0.25, 0.3) is 0 Å². The number of amides is 2. The van der Waals surface area contributed by atoms with Gasteiger partial charge < -0.3 is 5.32 Å². The van der Waals surface area contributed by atoms with E-state index < -0.39 is 0 Å². The van der Waals surface area contributed by atoms with Gasteiger partial charge in [-0.3, -0.25) is 15.2 Å². The van der Waals surface area contributed by atoms with Gasteiger partial charge in [-0.1, -0.05) is 12.1 Å². The summed E-state index contributed by atoms with van der Waals surface area (Å²) in [6, 6.07) is 5.57. The number of nitrogens with one attached hydrogen (secondary N) is 2. The van der Waals surface area contributed by atoms with E-state index in [9.17, 15) is 4.79 Å². The molecule has 0 bridgehead atoms. The van der Waals surface area contributed by atoms with Crippen molar-refractivity contribution in [1.82, 2.24) is 10.6 Å². The van der Waals surface area contributed by atoms with Crippen LogP contribution in [0.5, 0.6) is 0 Å². The second-order valence-electron chi connectivity index (χ2n) is 3.97. The number of halogens is 1. The molecule has 2 N–H and O–H groups in total. The standard InChI is InChI=1S/C13H19BrN4O/c1-5-16-12(15-3)17-13(19)18(4)11-9(2)7-6-8-10(11)14/h6-8H,5H2,1-4H3,(H2,15,16,17,19). The second-order valence-corrected chi connectivity index (χ2v) is 4.82. The molecule has 0 aromatic heterocycles. The average molecular weight is 327 g/mol. The van der Waals surface area contributed by atoms with Gasteiger partial charge in [0.25, 0.3) is 0 Å². The summed E-state index contributed by atoms with van der Waals surface area (Å²) in [5.41, 5.74) is 1.86. The Bertz CT molecular complexity index is 467. The second kappa shape index (κ2) is 7.13. The Morgan fingerprint density at radius 3 is 2.68 bits per heavy atom. The van der Waals surface area contributed by atoms with Crippen LogP contribution in [0, 0.1) is 6.92 Å². The van der Waals surface area contributed by atoms with Gasteiger partial charge in [-0.15, -0.1) is 0 Å². The summed E-state index contributed by atoms with van der Waals surface area (Å²) in [5.74, 6) is 0.462. The lowest BCUT2D eigenvalue weighted by atomic mass is 10.2. The van der Waals surface area contributed by atoms with E-state index in [2.05, 4.69) is 31.6 Å². The fraction of sp³-hybridized carbons (Fsp3) is 0.385. The van der Waals surface area contributed by atoms with Gasteiger partial charge >= 0.3 is 6.03 Å². The normalized spacial score (nSPS) is 11.1. The van der Waals surface area contributed by atoms with E-state index in [4.69, 9.17) is 0 Å². The molecule has 0 saturated carbocycles. The molecule has 0 heterocycles. The Balaban J connectivity index is 2.91. The van der Waals surface area contributed by atoms with Crippen LogP contribution in [0.1, 0.15) is 12.5 Å². The molecule has 104 valence electrons. The zero-order valence-corrected chi connectivity index (χ0v) is 13.2. The van der Waals surface area contributed by atoms with Crippen molar-refractivity contribution in [3.63, 3.8) is 0 Å². The largest absolute Gasteiger partial charge is 0.359 e. The van der Waals surface area contributed by atoms with E-state index in [1.54, 1.807) is 19.0 Å². The first-order chi connectivity index (χ1) is 9.01. The minimum Gasteiger partial charge on any atom is -0.359 e. The Hall–Kier alpha value is -1.56. The molecule has 5 nitrogen and oxygen atoms in total. The zero-order chi connectivity index (χ0) is 14.4. The van der Waals surface area contributed by atoms with Gasteiger partial charge in [0.05, 0.1) is 5.69 Å². The number of benzene rings is 1. The summed E-state index contributed by atoms with van der Waals surface area (Å²) in [6.07, 6.45) is 0. The van der Waals surface area contributed by atoms with Crippen LogP contribution in [0.15, 0.2) is 27.7 Å². The van der Waals surface area contributed by atoms with Crippen molar-refractivity contribution >= 4 is 33.6 Å². The maximum atomic E-state index is 12.2. The third-order valence-electron chi connectivity index (χ3n) is 2.61. The molecule has 0 fully saturated rings. The molecule has 2 amide bonds. The summed E-state index contributed by atoms with van der Waals surface area (Å²) in [6.45, 7) is 4.47. The van der Waals surface area contributed by atoms with Crippen molar-refractivity contribution in [3.8, 4) is 0 Å². The first kappa shape index (κ1) is 15.5. The zero-order valence-electron chi connectivity index (χ0n) is 11.6. The summed E-state index contributed by atoms with van der Waals surface area (Å²) in [7, 11) is 3.44. The van der Waals surface area contributed by atoms with Crippen molar-refractivity contribution in [2.45, 2.75) is 13.8 Å². The average Bonchev–Trinajstić information content (AvgIpc) is 2.37. The van der Waals surface area contributed by atoms with Crippen LogP contribution < -0.4 is 15.5 Å². The highest BCUT2D eigenvalue weighted by atomic mass is 79.9. The highest BCUT2D eigenvalue weighted by molar-refractivity contribution is 9.10. The van der Waals surface area contributed by atoms with Gasteiger partial charge in [0, 0.05) is 25.1 Å². The van der Waals surface area contributed by atoms with Gasteiger partial charge in [0.2, 0.25) is 0 Å². The Labute approximate surface area is 122 Å². The summed E-state index contributed by atoms with van der Waals surface area (Å²) >= 11 is 3.46. The fourth-order valence-corrected chi connectivity index (χ4v) is 2.41. The predicted octanol–water partition coefficient (Wildman–Crippen LogP) is 2.50. The van der Waals surface area contributed by atoms with Crippen LogP contribution >= 0.6 is 15.9 Å². The van der Waals surface area contributed by atoms with Crippen LogP contribution in [0.3, 0.4) is 0 Å². The smallest absolute Gasteiger partial charge is 0.328 e. The molecule has 0 spiro atoms. The van der Waals surface area contributed by atoms with Crippen molar-refractivity contribution in [1.29, 1.82) is 0 Å². The number of guanidine groups is 1. The van der Waals surface area contributed by atoms with Gasteiger partial charge in [-0.25, -0.2) is 4.79 Å². The number of carbonyl (C=O) groups is 1. The first-order valence-corrected chi connectivity index (χ1v) is 6.82. The van der Waals surface area contributed by atoms with E-state index in [1.165, 1.54) is 0 Å². The third-order valence-corrected chi connectivity index (χ3v) is 3.25. The Morgan fingerprint density at radius 2 is 2.16 bits per heavy atom. The number of nitrogens with zero attached hydrogens (tertiary/aromatic N) is 2. The van der Waals surface area contributed by atoms with Crippen molar-refractivity contribution < 1.29 is 4.79 Å². The topological polar surface area (TPSA) is 56.7 Å². The molecule has 6 heteroatoms. The Kier molecular flexibility index (Phi) is 5.82. The molecule has 1 rings (SSSR count). The van der Waals surface area contributed by atoms with Crippen molar-refractivity contribution in [3.05, 3.63) is 28.2 Å². The van der Waals surface area contributed by atoms with E-state index in [-0.39, 0.29) is 6.03 Å². The van der Waals surface area contributed by atoms with Gasteiger partial charge in [-0.2, -0.15) is 0 Å². The number of carbonyl (C=O) groups excluding carboxylic acids is 1. The molecule has 0 aliphatic rings. The molecule has 19 heavy (non-hydrogen) atoms. The maximum Gasteiger partial charge on any atom is 0.328 e. The van der Waals surface area contributed by atoms with Gasteiger partial charge in [-0.05, 0) is 41.4 Å². The SMILES string of the molecule is CCN=C(NC)NC(=O)N(C)c1c(C)cccc1Br. The van der Waals surface area contributed by atoms with Crippen molar-refractivity contribution in [2.75, 3.05) is 25.5 Å². The van der Waals surface area contributed by atoms with E-state index >= 15 is 0 Å².